The lowest BCUT2D eigenvalue weighted by molar-refractivity contribution is -0.137. The number of likely N-dealkylation sites (tertiary alicyclic amines) is 1. The Balaban J connectivity index is 1.42. The van der Waals surface area contributed by atoms with E-state index in [1.807, 2.05) is 30.3 Å². The van der Waals surface area contributed by atoms with E-state index >= 15 is 0 Å². The molecular formula is C25H24F3N3O3S. The molecule has 1 aliphatic rings. The molecule has 6 nitrogen and oxygen atoms in total. The van der Waals surface area contributed by atoms with Gasteiger partial charge in [0.15, 0.2) is 0 Å². The molecule has 0 atom stereocenters. The number of thiazole rings is 1. The van der Waals surface area contributed by atoms with E-state index in [9.17, 15) is 22.8 Å². The van der Waals surface area contributed by atoms with Gasteiger partial charge in [-0.05, 0) is 44.0 Å². The zero-order valence-electron chi connectivity index (χ0n) is 19.0. The molecule has 10 heteroatoms. The largest absolute Gasteiger partial charge is 0.462 e. The van der Waals surface area contributed by atoms with E-state index in [2.05, 4.69) is 5.32 Å². The third-order valence-electron chi connectivity index (χ3n) is 5.75. The Morgan fingerprint density at radius 1 is 1.09 bits per heavy atom. The lowest BCUT2D eigenvalue weighted by Gasteiger charge is -2.31. The van der Waals surface area contributed by atoms with Crippen LogP contribution >= 0.6 is 11.3 Å². The number of piperidine rings is 1. The van der Waals surface area contributed by atoms with Crippen LogP contribution in [0.3, 0.4) is 0 Å². The van der Waals surface area contributed by atoms with E-state index in [1.165, 1.54) is 23.5 Å². The zero-order chi connectivity index (χ0) is 25.0. The summed E-state index contributed by atoms with van der Waals surface area (Å²) in [7, 11) is 0. The van der Waals surface area contributed by atoms with Gasteiger partial charge in [0.05, 0.1) is 22.9 Å². The van der Waals surface area contributed by atoms with Gasteiger partial charge in [0.25, 0.3) is 0 Å². The molecule has 0 saturated carbocycles. The van der Waals surface area contributed by atoms with Gasteiger partial charge < -0.3 is 15.0 Å². The van der Waals surface area contributed by atoms with Gasteiger partial charge in [-0.3, -0.25) is 0 Å². The Bertz CT molecular complexity index is 1170. The minimum atomic E-state index is -4.42. The fourth-order valence-electron chi connectivity index (χ4n) is 3.91. The number of carbonyl (C=O) groups is 2. The summed E-state index contributed by atoms with van der Waals surface area (Å²) in [5.74, 6) is -0.316. The van der Waals surface area contributed by atoms with Crippen LogP contribution in [0.4, 0.5) is 23.7 Å². The molecule has 0 unspecified atom stereocenters. The van der Waals surface area contributed by atoms with Crippen LogP contribution in [0.5, 0.6) is 0 Å². The van der Waals surface area contributed by atoms with E-state index in [-0.39, 0.29) is 18.6 Å². The average Bonchev–Trinajstić information content (AvgIpc) is 3.30. The molecule has 1 aromatic heterocycles. The number of carbonyl (C=O) groups excluding carboxylic acids is 2. The lowest BCUT2D eigenvalue weighted by atomic mass is 9.97. The van der Waals surface area contributed by atoms with Crippen molar-refractivity contribution in [1.29, 1.82) is 0 Å². The summed E-state index contributed by atoms with van der Waals surface area (Å²) < 4.78 is 43.4. The fourth-order valence-corrected chi connectivity index (χ4v) is 5.06. The minimum absolute atomic E-state index is 0.0840. The number of nitrogens with one attached hydrogen (secondary N) is 1. The molecule has 2 aromatic carbocycles. The van der Waals surface area contributed by atoms with Gasteiger partial charge in [-0.1, -0.05) is 30.3 Å². The molecule has 4 rings (SSSR count). The molecule has 1 N–H and O–H groups in total. The molecule has 3 aromatic rings. The van der Waals surface area contributed by atoms with Crippen molar-refractivity contribution in [3.63, 3.8) is 0 Å². The molecule has 2 amide bonds. The summed E-state index contributed by atoms with van der Waals surface area (Å²) in [5.41, 5.74) is 0.978. The van der Waals surface area contributed by atoms with Gasteiger partial charge in [0, 0.05) is 30.3 Å². The van der Waals surface area contributed by atoms with E-state index < -0.39 is 17.7 Å². The molecule has 1 aliphatic heterocycles. The molecule has 1 saturated heterocycles. The normalized spacial score (nSPS) is 14.6. The quantitative estimate of drug-likeness (QED) is 0.408. The van der Waals surface area contributed by atoms with E-state index in [4.69, 9.17) is 9.72 Å². The SMILES string of the molecule is CCOC(=O)c1sc(C2CCN(C(=O)Nc3ccc(C(F)(F)F)cc3)CC2)nc1-c1ccccc1. The first kappa shape index (κ1) is 24.7. The molecule has 0 aliphatic carbocycles. The molecule has 2 heterocycles. The van der Waals surface area contributed by atoms with Crippen molar-refractivity contribution in [1.82, 2.24) is 9.88 Å². The maximum absolute atomic E-state index is 12.7. The van der Waals surface area contributed by atoms with Crippen molar-refractivity contribution < 1.29 is 27.5 Å². The van der Waals surface area contributed by atoms with Crippen molar-refractivity contribution >= 4 is 29.0 Å². The molecule has 0 spiro atoms. The van der Waals surface area contributed by atoms with E-state index in [1.54, 1.807) is 11.8 Å². The number of nitrogens with zero attached hydrogens (tertiary/aromatic N) is 2. The third kappa shape index (κ3) is 5.82. The number of anilines is 1. The number of aromatic nitrogens is 1. The van der Waals surface area contributed by atoms with Crippen LogP contribution < -0.4 is 5.32 Å². The highest BCUT2D eigenvalue weighted by Crippen LogP contribution is 2.37. The number of esters is 1. The van der Waals surface area contributed by atoms with Crippen LogP contribution in [0.15, 0.2) is 54.6 Å². The number of urea groups is 1. The Kier molecular flexibility index (Phi) is 7.39. The van der Waals surface area contributed by atoms with Gasteiger partial charge in [-0.15, -0.1) is 11.3 Å². The molecule has 1 fully saturated rings. The highest BCUT2D eigenvalue weighted by atomic mass is 32.1. The summed E-state index contributed by atoms with van der Waals surface area (Å²) in [6.45, 7) is 2.96. The van der Waals surface area contributed by atoms with Crippen LogP contribution in [0.1, 0.15) is 45.9 Å². The van der Waals surface area contributed by atoms with Crippen molar-refractivity contribution in [2.45, 2.75) is 31.9 Å². The van der Waals surface area contributed by atoms with Gasteiger partial charge in [-0.25, -0.2) is 14.6 Å². The highest BCUT2D eigenvalue weighted by molar-refractivity contribution is 7.14. The second-order valence-corrected chi connectivity index (χ2v) is 9.11. The smallest absolute Gasteiger partial charge is 0.416 e. The fraction of sp³-hybridized carbons (Fsp3) is 0.320. The van der Waals surface area contributed by atoms with E-state index in [0.717, 1.165) is 22.7 Å². The number of benzene rings is 2. The molecule has 35 heavy (non-hydrogen) atoms. The maximum atomic E-state index is 12.7. The van der Waals surface area contributed by atoms with Crippen molar-refractivity contribution in [3.8, 4) is 11.3 Å². The second kappa shape index (κ2) is 10.5. The maximum Gasteiger partial charge on any atom is 0.416 e. The molecule has 184 valence electrons. The molecule has 0 bridgehead atoms. The number of hydrogen-bond donors (Lipinski definition) is 1. The Morgan fingerprint density at radius 3 is 2.34 bits per heavy atom. The number of halogens is 3. The second-order valence-electron chi connectivity index (χ2n) is 8.08. The summed E-state index contributed by atoms with van der Waals surface area (Å²) in [6, 6.07) is 13.5. The Hall–Kier alpha value is -3.40. The van der Waals surface area contributed by atoms with Gasteiger partial charge in [0.2, 0.25) is 0 Å². The number of amides is 2. The number of alkyl halides is 3. The predicted octanol–water partition coefficient (Wildman–Crippen LogP) is 6.42. The first-order valence-corrected chi connectivity index (χ1v) is 12.0. The summed E-state index contributed by atoms with van der Waals surface area (Å²) in [4.78, 5) is 32.0. The summed E-state index contributed by atoms with van der Waals surface area (Å²) >= 11 is 1.33. The summed E-state index contributed by atoms with van der Waals surface area (Å²) in [5, 5.41) is 3.48. The first-order chi connectivity index (χ1) is 16.8. The molecular weight excluding hydrogens is 479 g/mol. The average molecular weight is 504 g/mol. The minimum Gasteiger partial charge on any atom is -0.462 e. The van der Waals surface area contributed by atoms with Gasteiger partial charge in [-0.2, -0.15) is 13.2 Å². The third-order valence-corrected chi connectivity index (χ3v) is 6.94. The monoisotopic (exact) mass is 503 g/mol. The van der Waals surface area contributed by atoms with Crippen LogP contribution in [-0.2, 0) is 10.9 Å². The van der Waals surface area contributed by atoms with E-state index in [0.29, 0.717) is 42.2 Å². The van der Waals surface area contributed by atoms with Crippen molar-refractivity contribution in [2.24, 2.45) is 0 Å². The number of rotatable bonds is 5. The highest BCUT2D eigenvalue weighted by Gasteiger charge is 2.31. The van der Waals surface area contributed by atoms with Crippen molar-refractivity contribution in [3.05, 3.63) is 70.0 Å². The Labute approximate surface area is 204 Å². The Morgan fingerprint density at radius 2 is 1.74 bits per heavy atom. The van der Waals surface area contributed by atoms with Crippen molar-refractivity contribution in [2.75, 3.05) is 25.0 Å². The summed E-state index contributed by atoms with van der Waals surface area (Å²) in [6.07, 6.45) is -3.11. The van der Waals surface area contributed by atoms with Gasteiger partial charge in [0.1, 0.15) is 4.88 Å². The van der Waals surface area contributed by atoms with Crippen LogP contribution in [0.2, 0.25) is 0 Å². The van der Waals surface area contributed by atoms with Crippen LogP contribution in [-0.4, -0.2) is 41.6 Å². The zero-order valence-corrected chi connectivity index (χ0v) is 19.8. The first-order valence-electron chi connectivity index (χ1n) is 11.2. The van der Waals surface area contributed by atoms with Crippen LogP contribution in [0.25, 0.3) is 11.3 Å². The van der Waals surface area contributed by atoms with Gasteiger partial charge >= 0.3 is 18.2 Å². The molecule has 0 radical (unpaired) electrons. The number of ether oxygens (including phenoxy) is 1. The van der Waals surface area contributed by atoms with Crippen LogP contribution in [0, 0.1) is 0 Å². The predicted molar refractivity (Wildman–Crippen MR) is 128 cm³/mol. The lowest BCUT2D eigenvalue weighted by Crippen LogP contribution is -2.40. The topological polar surface area (TPSA) is 71.5 Å². The standard InChI is InChI=1S/C25H24F3N3O3S/c1-2-34-23(32)21-20(16-6-4-3-5-7-16)30-22(35-21)17-12-14-31(15-13-17)24(33)29-19-10-8-18(9-11-19)25(26,27)28/h3-11,17H,2,12-15H2,1H3,(H,29,33). The number of hydrogen-bond acceptors (Lipinski definition) is 5.